The maximum absolute atomic E-state index is 5.46. The van der Waals surface area contributed by atoms with Gasteiger partial charge in [0.25, 0.3) is 0 Å². The third-order valence-corrected chi connectivity index (χ3v) is 2.86. The molecule has 0 fully saturated rings. The highest BCUT2D eigenvalue weighted by atomic mass is 16.5. The molecule has 0 aromatic heterocycles. The van der Waals surface area contributed by atoms with Crippen molar-refractivity contribution < 1.29 is 9.47 Å². The highest BCUT2D eigenvalue weighted by Crippen LogP contribution is 2.34. The van der Waals surface area contributed by atoms with Crippen LogP contribution in [0.4, 0.5) is 5.69 Å². The van der Waals surface area contributed by atoms with Gasteiger partial charge in [-0.3, -0.25) is 10.8 Å². The molecule has 0 amide bonds. The van der Waals surface area contributed by atoms with Crippen LogP contribution < -0.4 is 20.7 Å². The number of aliphatic imine (C=N–C) groups is 1. The Morgan fingerprint density at radius 2 is 1.95 bits per heavy atom. The Morgan fingerprint density at radius 3 is 2.50 bits per heavy atom. The van der Waals surface area contributed by atoms with E-state index in [1.807, 2.05) is 25.1 Å². The molecule has 0 bridgehead atoms. The lowest BCUT2D eigenvalue weighted by molar-refractivity contribution is 0.355. The van der Waals surface area contributed by atoms with Gasteiger partial charge in [0.2, 0.25) is 0 Å². The first-order valence-corrected chi connectivity index (χ1v) is 6.59. The number of benzene rings is 1. The van der Waals surface area contributed by atoms with Gasteiger partial charge >= 0.3 is 0 Å². The normalized spacial score (nSPS) is 11.8. The van der Waals surface area contributed by atoms with Crippen LogP contribution in [0.2, 0.25) is 0 Å². The van der Waals surface area contributed by atoms with Crippen molar-refractivity contribution >= 4 is 11.9 Å². The first-order valence-electron chi connectivity index (χ1n) is 6.59. The molecule has 1 aromatic carbocycles. The van der Waals surface area contributed by atoms with Gasteiger partial charge in [0.05, 0.1) is 31.8 Å². The fourth-order valence-corrected chi connectivity index (χ4v) is 1.70. The monoisotopic (exact) mass is 277 g/mol. The second kappa shape index (κ2) is 8.22. The molecule has 0 aliphatic heterocycles. The number of hydrazine groups is 1. The number of aryl methyl sites for hydroxylation is 1. The van der Waals surface area contributed by atoms with Gasteiger partial charge < -0.3 is 14.9 Å². The van der Waals surface area contributed by atoms with Crippen LogP contribution in [0.1, 0.15) is 25.3 Å². The number of nitrogens with two attached hydrogens (primary N) is 1. The Labute approximate surface area is 120 Å². The average molecular weight is 277 g/mol. The van der Waals surface area contributed by atoms with Gasteiger partial charge in [-0.2, -0.15) is 0 Å². The predicted molar refractivity (Wildman–Crippen MR) is 82.7 cm³/mol. The molecule has 0 unspecified atom stereocenters. The zero-order valence-corrected chi connectivity index (χ0v) is 12.6. The molecular weight excluding hydrogens is 254 g/mol. The summed E-state index contributed by atoms with van der Waals surface area (Å²) in [6.45, 7) is 4.08. The number of methoxy groups -OCH3 is 2. The van der Waals surface area contributed by atoms with E-state index in [0.717, 1.165) is 29.8 Å². The minimum Gasteiger partial charge on any atom is -0.493 e. The largest absolute Gasteiger partial charge is 0.493 e. The summed E-state index contributed by atoms with van der Waals surface area (Å²) in [5.74, 6) is 6.82. The molecule has 20 heavy (non-hydrogen) atoms. The fraction of sp³-hybridized carbons (Fsp3) is 0.400. The van der Waals surface area contributed by atoms with E-state index in [0.29, 0.717) is 11.5 Å². The molecule has 0 saturated heterocycles. The van der Waals surface area contributed by atoms with E-state index in [4.69, 9.17) is 15.3 Å². The van der Waals surface area contributed by atoms with Gasteiger partial charge in [0.1, 0.15) is 0 Å². The molecule has 0 saturated carbocycles. The maximum atomic E-state index is 5.46. The standard InChI is InChI=1S/C15H23N3O2/c1-5-6-7-12(18-16)10-17-13-9-15(20-4)14(19-3)8-11(13)2/h7-10,18H,5-6,16H2,1-4H3/b12-7-,17-10?. The van der Waals surface area contributed by atoms with E-state index in [9.17, 15) is 0 Å². The molecule has 1 rings (SSSR count). The van der Waals surface area contributed by atoms with Crippen LogP contribution in [0.15, 0.2) is 28.9 Å². The molecule has 0 aliphatic rings. The van der Waals surface area contributed by atoms with Gasteiger partial charge in [-0.05, 0) is 25.0 Å². The summed E-state index contributed by atoms with van der Waals surface area (Å²) in [4.78, 5) is 4.44. The van der Waals surface area contributed by atoms with Crippen LogP contribution >= 0.6 is 0 Å². The number of ether oxygens (including phenoxy) is 2. The summed E-state index contributed by atoms with van der Waals surface area (Å²) in [5, 5.41) is 0. The summed E-state index contributed by atoms with van der Waals surface area (Å²) in [7, 11) is 3.22. The van der Waals surface area contributed by atoms with Crippen molar-refractivity contribution in [3.8, 4) is 11.5 Å². The highest BCUT2D eigenvalue weighted by molar-refractivity contribution is 5.81. The first-order chi connectivity index (χ1) is 9.65. The number of nitrogens with one attached hydrogen (secondary N) is 1. The molecule has 0 spiro atoms. The van der Waals surface area contributed by atoms with Crippen molar-refractivity contribution in [2.75, 3.05) is 14.2 Å². The summed E-state index contributed by atoms with van der Waals surface area (Å²) in [6, 6.07) is 3.75. The molecule has 0 radical (unpaired) electrons. The van der Waals surface area contributed by atoms with E-state index >= 15 is 0 Å². The minimum atomic E-state index is 0.657. The number of rotatable bonds is 7. The molecule has 3 N–H and O–H groups in total. The number of allylic oxidation sites excluding steroid dienone is 2. The van der Waals surface area contributed by atoms with Crippen LogP contribution in [0, 0.1) is 6.92 Å². The van der Waals surface area contributed by atoms with Crippen LogP contribution in [0.3, 0.4) is 0 Å². The number of nitrogens with zero attached hydrogens (tertiary/aromatic N) is 1. The smallest absolute Gasteiger partial charge is 0.162 e. The summed E-state index contributed by atoms with van der Waals surface area (Å²) in [6.07, 6.45) is 5.74. The summed E-state index contributed by atoms with van der Waals surface area (Å²) in [5.41, 5.74) is 5.25. The minimum absolute atomic E-state index is 0.657. The molecule has 5 heteroatoms. The lowest BCUT2D eigenvalue weighted by atomic mass is 10.2. The van der Waals surface area contributed by atoms with Crippen LogP contribution in [0.5, 0.6) is 11.5 Å². The lowest BCUT2D eigenvalue weighted by Gasteiger charge is -2.10. The van der Waals surface area contributed by atoms with Gasteiger partial charge in [-0.15, -0.1) is 0 Å². The number of unbranched alkanes of at least 4 members (excludes halogenated alkanes) is 1. The quantitative estimate of drug-likeness (QED) is 0.457. The molecule has 0 aliphatic carbocycles. The Hall–Kier alpha value is -2.01. The van der Waals surface area contributed by atoms with E-state index < -0.39 is 0 Å². The number of hydrogen-bond acceptors (Lipinski definition) is 5. The first kappa shape index (κ1) is 16.0. The zero-order chi connectivity index (χ0) is 15.0. The Morgan fingerprint density at radius 1 is 1.30 bits per heavy atom. The van der Waals surface area contributed by atoms with Crippen molar-refractivity contribution in [1.29, 1.82) is 0 Å². The van der Waals surface area contributed by atoms with Crippen molar-refractivity contribution in [2.45, 2.75) is 26.7 Å². The van der Waals surface area contributed by atoms with Crippen LogP contribution in [-0.4, -0.2) is 20.4 Å². The van der Waals surface area contributed by atoms with Crippen molar-refractivity contribution in [3.05, 3.63) is 29.5 Å². The van der Waals surface area contributed by atoms with Gasteiger partial charge in [-0.25, -0.2) is 0 Å². The average Bonchev–Trinajstić information content (AvgIpc) is 2.48. The second-order valence-corrected chi connectivity index (χ2v) is 4.34. The highest BCUT2D eigenvalue weighted by Gasteiger charge is 2.07. The molecule has 1 aromatic rings. The topological polar surface area (TPSA) is 68.9 Å². The van der Waals surface area contributed by atoms with Gasteiger partial charge in [0.15, 0.2) is 11.5 Å². The molecule has 5 nitrogen and oxygen atoms in total. The summed E-state index contributed by atoms with van der Waals surface area (Å²) >= 11 is 0. The lowest BCUT2D eigenvalue weighted by Crippen LogP contribution is -2.21. The Kier molecular flexibility index (Phi) is 6.59. The Balaban J connectivity index is 3.02. The third kappa shape index (κ3) is 4.28. The van der Waals surface area contributed by atoms with Crippen LogP contribution in [0.25, 0.3) is 0 Å². The number of hydrogen-bond donors (Lipinski definition) is 2. The van der Waals surface area contributed by atoms with Crippen LogP contribution in [-0.2, 0) is 0 Å². The SMILES string of the molecule is CCC/C=C(/C=Nc1cc(OC)c(OC)cc1C)NN. The van der Waals surface area contributed by atoms with E-state index in [1.54, 1.807) is 20.4 Å². The maximum Gasteiger partial charge on any atom is 0.162 e. The predicted octanol–water partition coefficient (Wildman–Crippen LogP) is 2.86. The van der Waals surface area contributed by atoms with E-state index in [-0.39, 0.29) is 0 Å². The zero-order valence-electron chi connectivity index (χ0n) is 12.6. The van der Waals surface area contributed by atoms with Gasteiger partial charge in [0, 0.05) is 6.07 Å². The summed E-state index contributed by atoms with van der Waals surface area (Å²) < 4.78 is 10.5. The van der Waals surface area contributed by atoms with Crippen molar-refractivity contribution in [1.82, 2.24) is 5.43 Å². The molecule has 110 valence electrons. The molecule has 0 atom stereocenters. The van der Waals surface area contributed by atoms with Crippen molar-refractivity contribution in [2.24, 2.45) is 10.8 Å². The second-order valence-electron chi connectivity index (χ2n) is 4.34. The third-order valence-electron chi connectivity index (χ3n) is 2.86. The Bertz CT molecular complexity index is 496. The molecular formula is C15H23N3O2. The molecule has 0 heterocycles. The van der Waals surface area contributed by atoms with Crippen molar-refractivity contribution in [3.63, 3.8) is 0 Å². The fourth-order valence-electron chi connectivity index (χ4n) is 1.70. The van der Waals surface area contributed by atoms with Gasteiger partial charge in [-0.1, -0.05) is 19.4 Å². The van der Waals surface area contributed by atoms with E-state index in [1.165, 1.54) is 0 Å². The van der Waals surface area contributed by atoms with E-state index in [2.05, 4.69) is 17.3 Å².